The summed E-state index contributed by atoms with van der Waals surface area (Å²) in [6.45, 7) is 1.63. The average Bonchev–Trinajstić information content (AvgIpc) is 2.83. The molecule has 3 rings (SSSR count). The van der Waals surface area contributed by atoms with Crippen molar-refractivity contribution in [3.05, 3.63) is 34.1 Å². The number of aliphatic hydroxyl groups excluding tert-OH is 1. The minimum Gasteiger partial charge on any atom is -0.392 e. The van der Waals surface area contributed by atoms with Gasteiger partial charge >= 0.3 is 0 Å². The Morgan fingerprint density at radius 2 is 2.18 bits per heavy atom. The first kappa shape index (κ1) is 11.5. The van der Waals surface area contributed by atoms with E-state index in [1.165, 1.54) is 6.07 Å². The van der Waals surface area contributed by atoms with Crippen LogP contribution in [0.5, 0.6) is 0 Å². The van der Waals surface area contributed by atoms with Crippen LogP contribution in [0.2, 0.25) is 5.02 Å². The van der Waals surface area contributed by atoms with Gasteiger partial charge in [-0.25, -0.2) is 4.39 Å². The van der Waals surface area contributed by atoms with Crippen molar-refractivity contribution in [3.8, 4) is 0 Å². The molecule has 0 amide bonds. The lowest BCUT2D eigenvalue weighted by atomic mass is 10.1. The van der Waals surface area contributed by atoms with Crippen molar-refractivity contribution in [2.75, 3.05) is 13.1 Å². The number of fused-ring (bicyclic) bond motifs is 1. The van der Waals surface area contributed by atoms with E-state index in [0.29, 0.717) is 17.6 Å². The zero-order valence-corrected chi connectivity index (χ0v) is 10.3. The Hall–Kier alpha value is -0.640. The second-order valence-corrected chi connectivity index (χ2v) is 5.46. The molecule has 1 fully saturated rings. The number of nitrogens with zero attached hydrogens (tertiary/aromatic N) is 1. The molecule has 1 aliphatic heterocycles. The zero-order chi connectivity index (χ0) is 12.0. The molecule has 1 saturated heterocycles. The van der Waals surface area contributed by atoms with Crippen LogP contribution in [0.15, 0.2) is 12.1 Å². The minimum atomic E-state index is -0.216. The number of hydrogen-bond acceptors (Lipinski definition) is 2. The molecule has 0 saturated carbocycles. The molecule has 0 radical (unpaired) electrons. The van der Waals surface area contributed by atoms with Gasteiger partial charge in [-0.05, 0) is 42.5 Å². The molecule has 1 heterocycles. The molecule has 1 aromatic rings. The number of rotatable bonds is 1. The summed E-state index contributed by atoms with van der Waals surface area (Å²) in [5.74, 6) is -0.185. The monoisotopic (exact) mass is 255 g/mol. The summed E-state index contributed by atoms with van der Waals surface area (Å²) in [5.41, 5.74) is 1.84. The van der Waals surface area contributed by atoms with Crippen molar-refractivity contribution in [1.82, 2.24) is 4.90 Å². The molecule has 0 unspecified atom stereocenters. The van der Waals surface area contributed by atoms with E-state index >= 15 is 0 Å². The first-order chi connectivity index (χ1) is 8.13. The average molecular weight is 256 g/mol. The number of benzene rings is 1. The van der Waals surface area contributed by atoms with Gasteiger partial charge in [0, 0.05) is 24.2 Å². The van der Waals surface area contributed by atoms with Crippen LogP contribution in [0.4, 0.5) is 4.39 Å². The lowest BCUT2D eigenvalue weighted by Crippen LogP contribution is -2.34. The quantitative estimate of drug-likeness (QED) is 0.830. The molecule has 1 N–H and O–H groups in total. The van der Waals surface area contributed by atoms with E-state index in [1.807, 2.05) is 6.07 Å². The van der Waals surface area contributed by atoms with E-state index in [-0.39, 0.29) is 11.9 Å². The van der Waals surface area contributed by atoms with Crippen LogP contribution in [0.25, 0.3) is 0 Å². The zero-order valence-electron chi connectivity index (χ0n) is 9.50. The van der Waals surface area contributed by atoms with Gasteiger partial charge in [-0.2, -0.15) is 0 Å². The summed E-state index contributed by atoms with van der Waals surface area (Å²) in [6.07, 6.45) is 2.20. The van der Waals surface area contributed by atoms with Gasteiger partial charge in [0.1, 0.15) is 5.82 Å². The van der Waals surface area contributed by atoms with Crippen molar-refractivity contribution in [2.45, 2.75) is 31.4 Å². The maximum atomic E-state index is 13.7. The summed E-state index contributed by atoms with van der Waals surface area (Å²) in [7, 11) is 0. The minimum absolute atomic E-state index is 0.185. The van der Waals surface area contributed by atoms with Gasteiger partial charge < -0.3 is 5.11 Å². The highest BCUT2D eigenvalue weighted by atomic mass is 35.5. The molecular formula is C13H15ClFNO. The van der Waals surface area contributed by atoms with Crippen molar-refractivity contribution in [2.24, 2.45) is 0 Å². The van der Waals surface area contributed by atoms with Crippen LogP contribution in [0.3, 0.4) is 0 Å². The molecule has 92 valence electrons. The topological polar surface area (TPSA) is 23.5 Å². The van der Waals surface area contributed by atoms with Crippen LogP contribution in [-0.4, -0.2) is 35.2 Å². The summed E-state index contributed by atoms with van der Waals surface area (Å²) < 4.78 is 13.7. The molecule has 2 nitrogen and oxygen atoms in total. The van der Waals surface area contributed by atoms with E-state index in [0.717, 1.165) is 36.9 Å². The normalized spacial score (nSPS) is 28.6. The van der Waals surface area contributed by atoms with E-state index in [9.17, 15) is 9.50 Å². The smallest absolute Gasteiger partial charge is 0.128 e. The lowest BCUT2D eigenvalue weighted by molar-refractivity contribution is 0.160. The molecule has 0 bridgehead atoms. The number of hydrogen-bond donors (Lipinski definition) is 1. The standard InChI is InChI=1S/C13H15ClFNO/c14-9-3-8-4-10(6-12(8)13(15)5-9)16-2-1-11(17)7-16/h3,5,10-11,17H,1-2,4,6-7H2/t10-,11-/m1/s1. The Kier molecular flexibility index (Phi) is 2.85. The largest absolute Gasteiger partial charge is 0.392 e. The predicted octanol–water partition coefficient (Wildman–Crippen LogP) is 2.01. The highest BCUT2D eigenvalue weighted by Gasteiger charge is 2.32. The molecule has 1 aromatic carbocycles. The Bertz CT molecular complexity index is 451. The first-order valence-electron chi connectivity index (χ1n) is 6.02. The maximum Gasteiger partial charge on any atom is 0.128 e. The van der Waals surface area contributed by atoms with E-state index < -0.39 is 0 Å². The molecule has 1 aliphatic carbocycles. The second kappa shape index (κ2) is 4.23. The third kappa shape index (κ3) is 2.07. The Morgan fingerprint density at radius 1 is 1.35 bits per heavy atom. The fraction of sp³-hybridized carbons (Fsp3) is 0.538. The summed E-state index contributed by atoms with van der Waals surface area (Å²) in [6, 6.07) is 3.59. The van der Waals surface area contributed by atoms with Crippen molar-refractivity contribution in [1.29, 1.82) is 0 Å². The van der Waals surface area contributed by atoms with Gasteiger partial charge in [-0.15, -0.1) is 0 Å². The molecule has 0 spiro atoms. The van der Waals surface area contributed by atoms with Gasteiger partial charge in [0.05, 0.1) is 6.10 Å². The highest BCUT2D eigenvalue weighted by Crippen LogP contribution is 2.31. The number of likely N-dealkylation sites (tertiary alicyclic amines) is 1. The van der Waals surface area contributed by atoms with Crippen molar-refractivity contribution >= 4 is 11.6 Å². The van der Waals surface area contributed by atoms with Gasteiger partial charge in [-0.3, -0.25) is 4.90 Å². The third-order valence-electron chi connectivity index (χ3n) is 3.86. The second-order valence-electron chi connectivity index (χ2n) is 5.02. The van der Waals surface area contributed by atoms with Crippen molar-refractivity contribution in [3.63, 3.8) is 0 Å². The Morgan fingerprint density at radius 3 is 2.88 bits per heavy atom. The number of aliphatic hydroxyl groups is 1. The Balaban J connectivity index is 1.81. The third-order valence-corrected chi connectivity index (χ3v) is 4.08. The van der Waals surface area contributed by atoms with Crippen LogP contribution in [0.1, 0.15) is 17.5 Å². The fourth-order valence-corrected chi connectivity index (χ4v) is 3.21. The molecule has 4 heteroatoms. The highest BCUT2D eigenvalue weighted by molar-refractivity contribution is 6.30. The van der Waals surface area contributed by atoms with Gasteiger partial charge in [-0.1, -0.05) is 11.6 Å². The predicted molar refractivity (Wildman–Crippen MR) is 64.8 cm³/mol. The fourth-order valence-electron chi connectivity index (χ4n) is 2.99. The number of β-amino-alcohol motifs (C(OH)–C–C–N with tert-alkyl or cyclic N) is 1. The summed E-state index contributed by atoms with van der Waals surface area (Å²) in [5, 5.41) is 10.0. The lowest BCUT2D eigenvalue weighted by Gasteiger charge is -2.22. The molecule has 0 aromatic heterocycles. The maximum absolute atomic E-state index is 13.7. The number of halogens is 2. The van der Waals surface area contributed by atoms with Crippen LogP contribution in [-0.2, 0) is 12.8 Å². The van der Waals surface area contributed by atoms with Gasteiger partial charge in [0.2, 0.25) is 0 Å². The Labute approximate surface area is 105 Å². The molecule has 2 aliphatic rings. The summed E-state index contributed by atoms with van der Waals surface area (Å²) >= 11 is 5.87. The molecule has 2 atom stereocenters. The van der Waals surface area contributed by atoms with E-state index in [4.69, 9.17) is 11.6 Å². The van der Waals surface area contributed by atoms with Gasteiger partial charge in [0.15, 0.2) is 0 Å². The summed E-state index contributed by atoms with van der Waals surface area (Å²) in [4.78, 5) is 2.26. The van der Waals surface area contributed by atoms with Crippen molar-refractivity contribution < 1.29 is 9.50 Å². The van der Waals surface area contributed by atoms with E-state index in [2.05, 4.69) is 4.90 Å². The molecule has 17 heavy (non-hydrogen) atoms. The SMILES string of the molecule is O[C@@H]1CCN([C@@H]2Cc3cc(Cl)cc(F)c3C2)C1. The van der Waals surface area contributed by atoms with Crippen LogP contribution < -0.4 is 0 Å². The first-order valence-corrected chi connectivity index (χ1v) is 6.40. The van der Waals surface area contributed by atoms with Crippen LogP contribution in [0, 0.1) is 5.82 Å². The molecular weight excluding hydrogens is 241 g/mol. The van der Waals surface area contributed by atoms with Gasteiger partial charge in [0.25, 0.3) is 0 Å². The van der Waals surface area contributed by atoms with Crippen LogP contribution >= 0.6 is 11.6 Å². The van der Waals surface area contributed by atoms with E-state index in [1.54, 1.807) is 0 Å².